The molecule has 0 bridgehead atoms. The first kappa shape index (κ1) is 16.6. The minimum Gasteiger partial charge on any atom is -0.330 e. The second-order valence-electron chi connectivity index (χ2n) is 4.38. The van der Waals surface area contributed by atoms with Crippen LogP contribution in [-0.4, -0.2) is 22.6 Å². The molecule has 20 heavy (non-hydrogen) atoms. The third-order valence-electron chi connectivity index (χ3n) is 2.51. The topological polar surface area (TPSA) is 80.9 Å². The van der Waals surface area contributed by atoms with E-state index in [9.17, 15) is 4.79 Å². The first-order valence-corrected chi connectivity index (χ1v) is 6.82. The van der Waals surface area contributed by atoms with Crippen LogP contribution in [-0.2, 0) is 4.79 Å². The summed E-state index contributed by atoms with van der Waals surface area (Å²) in [6, 6.07) is 6.21. The molecule has 0 radical (unpaired) electrons. The highest BCUT2D eigenvalue weighted by molar-refractivity contribution is 7.18. The lowest BCUT2D eigenvalue weighted by Crippen LogP contribution is -2.15. The zero-order chi connectivity index (χ0) is 13.8. The Balaban J connectivity index is 0.00000200. The van der Waals surface area contributed by atoms with Crippen LogP contribution in [0.5, 0.6) is 0 Å². The Morgan fingerprint density at radius 3 is 2.50 bits per heavy atom. The molecule has 1 aromatic heterocycles. The average molecular weight is 313 g/mol. The summed E-state index contributed by atoms with van der Waals surface area (Å²) in [5.74, 6) is -0.134. The van der Waals surface area contributed by atoms with E-state index in [4.69, 9.17) is 5.73 Å². The second-order valence-corrected chi connectivity index (χ2v) is 5.35. The molecule has 0 aliphatic heterocycles. The van der Waals surface area contributed by atoms with E-state index in [-0.39, 0.29) is 18.3 Å². The van der Waals surface area contributed by atoms with Crippen molar-refractivity contribution in [2.75, 3.05) is 11.9 Å². The monoisotopic (exact) mass is 312 g/mol. The molecule has 2 aromatic rings. The van der Waals surface area contributed by atoms with Crippen LogP contribution < -0.4 is 11.1 Å². The maximum absolute atomic E-state index is 11.4. The van der Waals surface area contributed by atoms with E-state index < -0.39 is 0 Å². The van der Waals surface area contributed by atoms with Crippen LogP contribution >= 0.6 is 23.7 Å². The van der Waals surface area contributed by atoms with E-state index in [0.29, 0.717) is 18.1 Å². The van der Waals surface area contributed by atoms with Gasteiger partial charge in [-0.05, 0) is 26.0 Å². The fourth-order valence-electron chi connectivity index (χ4n) is 1.80. The van der Waals surface area contributed by atoms with Gasteiger partial charge in [0.15, 0.2) is 0 Å². The number of hydrogen-bond donors (Lipinski definition) is 2. The van der Waals surface area contributed by atoms with Crippen LogP contribution in [0.25, 0.3) is 10.6 Å². The number of carbonyl (C=O) groups excluding carboxylic acids is 1. The lowest BCUT2D eigenvalue weighted by molar-refractivity contribution is -0.116. The predicted molar refractivity (Wildman–Crippen MR) is 84.4 cm³/mol. The Morgan fingerprint density at radius 2 is 1.90 bits per heavy atom. The number of carbonyl (C=O) groups is 1. The van der Waals surface area contributed by atoms with Gasteiger partial charge in [-0.15, -0.1) is 22.6 Å². The quantitative estimate of drug-likeness (QED) is 0.909. The SMILES string of the molecule is Cc1cc(C)cc(-c2nnc(NC(=O)CCN)s2)c1.Cl. The Labute approximate surface area is 128 Å². The molecular weight excluding hydrogens is 296 g/mol. The number of anilines is 1. The summed E-state index contributed by atoms with van der Waals surface area (Å²) in [5.41, 5.74) is 8.70. The van der Waals surface area contributed by atoms with Gasteiger partial charge >= 0.3 is 0 Å². The number of halogens is 1. The number of nitrogens with one attached hydrogen (secondary N) is 1. The van der Waals surface area contributed by atoms with Crippen molar-refractivity contribution in [3.8, 4) is 10.6 Å². The molecule has 0 atom stereocenters. The van der Waals surface area contributed by atoms with E-state index in [1.165, 1.54) is 22.5 Å². The second kappa shape index (κ2) is 7.33. The number of hydrogen-bond acceptors (Lipinski definition) is 5. The molecule has 0 fully saturated rings. The van der Waals surface area contributed by atoms with Gasteiger partial charge in [-0.1, -0.05) is 28.5 Å². The van der Waals surface area contributed by atoms with Gasteiger partial charge in [0.1, 0.15) is 5.01 Å². The zero-order valence-corrected chi connectivity index (χ0v) is 13.0. The van der Waals surface area contributed by atoms with Crippen molar-refractivity contribution in [1.82, 2.24) is 10.2 Å². The molecule has 0 aliphatic carbocycles. The predicted octanol–water partition coefficient (Wildman–Crippen LogP) is 2.53. The van der Waals surface area contributed by atoms with Crippen molar-refractivity contribution >= 4 is 34.8 Å². The number of amides is 1. The highest BCUT2D eigenvalue weighted by Gasteiger charge is 2.09. The Morgan fingerprint density at radius 1 is 1.25 bits per heavy atom. The summed E-state index contributed by atoms with van der Waals surface area (Å²) in [6.45, 7) is 4.41. The number of aromatic nitrogens is 2. The van der Waals surface area contributed by atoms with Crippen molar-refractivity contribution in [3.63, 3.8) is 0 Å². The molecule has 1 aromatic carbocycles. The maximum atomic E-state index is 11.4. The molecule has 0 saturated carbocycles. The van der Waals surface area contributed by atoms with Gasteiger partial charge in [0, 0.05) is 18.5 Å². The molecule has 7 heteroatoms. The van der Waals surface area contributed by atoms with Gasteiger partial charge < -0.3 is 11.1 Å². The smallest absolute Gasteiger partial charge is 0.227 e. The average Bonchev–Trinajstić information content (AvgIpc) is 2.76. The van der Waals surface area contributed by atoms with Crippen LogP contribution in [0.1, 0.15) is 17.5 Å². The number of rotatable bonds is 4. The molecule has 2 rings (SSSR count). The first-order valence-electron chi connectivity index (χ1n) is 6.00. The first-order chi connectivity index (χ1) is 9.08. The van der Waals surface area contributed by atoms with E-state index >= 15 is 0 Å². The van der Waals surface area contributed by atoms with Crippen LogP contribution in [0, 0.1) is 13.8 Å². The highest BCUT2D eigenvalue weighted by Crippen LogP contribution is 2.27. The fourth-order valence-corrected chi connectivity index (χ4v) is 2.55. The van der Waals surface area contributed by atoms with Crippen LogP contribution in [0.3, 0.4) is 0 Å². The number of nitrogens with two attached hydrogens (primary N) is 1. The number of nitrogens with zero attached hydrogens (tertiary/aromatic N) is 2. The highest BCUT2D eigenvalue weighted by atomic mass is 35.5. The Kier molecular flexibility index (Phi) is 6.06. The molecule has 1 amide bonds. The van der Waals surface area contributed by atoms with E-state index in [2.05, 4.69) is 33.7 Å². The van der Waals surface area contributed by atoms with E-state index in [1.54, 1.807) is 0 Å². The summed E-state index contributed by atoms with van der Waals surface area (Å²) in [7, 11) is 0. The summed E-state index contributed by atoms with van der Waals surface area (Å²) in [4.78, 5) is 11.4. The Hall–Kier alpha value is -1.50. The van der Waals surface area contributed by atoms with Crippen LogP contribution in [0.4, 0.5) is 5.13 Å². The van der Waals surface area contributed by atoms with Gasteiger partial charge in [-0.2, -0.15) is 0 Å². The normalized spacial score (nSPS) is 9.95. The third-order valence-corrected chi connectivity index (χ3v) is 3.40. The lowest BCUT2D eigenvalue weighted by atomic mass is 10.1. The van der Waals surface area contributed by atoms with Crippen molar-refractivity contribution in [1.29, 1.82) is 0 Å². The van der Waals surface area contributed by atoms with Gasteiger partial charge in [-0.25, -0.2) is 0 Å². The molecule has 1 heterocycles. The van der Waals surface area contributed by atoms with Gasteiger partial charge in [0.25, 0.3) is 0 Å². The summed E-state index contributed by atoms with van der Waals surface area (Å²) >= 11 is 1.36. The largest absolute Gasteiger partial charge is 0.330 e. The molecular formula is C13H17ClN4OS. The van der Waals surface area contributed by atoms with Gasteiger partial charge in [-0.3, -0.25) is 4.79 Å². The van der Waals surface area contributed by atoms with Gasteiger partial charge in [0.2, 0.25) is 11.0 Å². The molecule has 5 nitrogen and oxygen atoms in total. The third kappa shape index (κ3) is 4.26. The van der Waals surface area contributed by atoms with Crippen molar-refractivity contribution in [2.45, 2.75) is 20.3 Å². The lowest BCUT2D eigenvalue weighted by Gasteiger charge is -2.00. The van der Waals surface area contributed by atoms with Crippen LogP contribution in [0.15, 0.2) is 18.2 Å². The minimum absolute atomic E-state index is 0. The van der Waals surface area contributed by atoms with Crippen molar-refractivity contribution < 1.29 is 4.79 Å². The van der Waals surface area contributed by atoms with E-state index in [1.807, 2.05) is 13.8 Å². The molecule has 0 unspecified atom stereocenters. The molecule has 0 saturated heterocycles. The van der Waals surface area contributed by atoms with Crippen molar-refractivity contribution in [2.24, 2.45) is 5.73 Å². The summed E-state index contributed by atoms with van der Waals surface area (Å²) in [5, 5.41) is 12.1. The van der Waals surface area contributed by atoms with E-state index in [0.717, 1.165) is 10.6 Å². The molecule has 0 aliphatic rings. The maximum Gasteiger partial charge on any atom is 0.227 e. The standard InChI is InChI=1S/C13H16N4OS.ClH/c1-8-5-9(2)7-10(6-8)12-16-17-13(19-12)15-11(18)3-4-14;/h5-7H,3-4,14H2,1-2H3,(H,15,17,18);1H. The van der Waals surface area contributed by atoms with Crippen LogP contribution in [0.2, 0.25) is 0 Å². The Bertz CT molecular complexity index is 580. The molecule has 3 N–H and O–H groups in total. The fraction of sp³-hybridized carbons (Fsp3) is 0.308. The zero-order valence-electron chi connectivity index (χ0n) is 11.3. The minimum atomic E-state index is -0.134. The summed E-state index contributed by atoms with van der Waals surface area (Å²) < 4.78 is 0. The number of benzene rings is 1. The number of aryl methyl sites for hydroxylation is 2. The molecule has 108 valence electrons. The summed E-state index contributed by atoms with van der Waals surface area (Å²) in [6.07, 6.45) is 0.290. The molecule has 0 spiro atoms. The van der Waals surface area contributed by atoms with Gasteiger partial charge in [0.05, 0.1) is 0 Å². The van der Waals surface area contributed by atoms with Crippen molar-refractivity contribution in [3.05, 3.63) is 29.3 Å².